The van der Waals surface area contributed by atoms with E-state index in [-0.39, 0.29) is 0 Å². The molecule has 0 aromatic carbocycles. The molecule has 0 aliphatic heterocycles. The van der Waals surface area contributed by atoms with Crippen molar-refractivity contribution in [2.45, 2.75) is 17.0 Å². The molecule has 4 nitrogen and oxygen atoms in total. The average Bonchev–Trinajstić information content (AvgIpc) is 2.64. The lowest BCUT2D eigenvalue weighted by molar-refractivity contribution is 0.982. The minimum absolute atomic E-state index is 0.413. The molecule has 0 aliphatic carbocycles. The summed E-state index contributed by atoms with van der Waals surface area (Å²) >= 11 is 8.81. The minimum atomic E-state index is 0.413. The van der Waals surface area contributed by atoms with Gasteiger partial charge in [0, 0.05) is 5.75 Å². The van der Waals surface area contributed by atoms with Gasteiger partial charge in [0.2, 0.25) is 0 Å². The van der Waals surface area contributed by atoms with Gasteiger partial charge in [-0.1, -0.05) is 34.7 Å². The zero-order valence-corrected chi connectivity index (χ0v) is 10.2. The van der Waals surface area contributed by atoms with Crippen molar-refractivity contribution in [3.8, 4) is 0 Å². The van der Waals surface area contributed by atoms with E-state index in [1.165, 1.54) is 0 Å². The number of hydrogen-bond acceptors (Lipinski definition) is 6. The monoisotopic (exact) mass is 258 g/mol. The topological polar surface area (TPSA) is 51.6 Å². The van der Waals surface area contributed by atoms with Gasteiger partial charge in [-0.3, -0.25) is 4.98 Å². The molecule has 0 fully saturated rings. The van der Waals surface area contributed by atoms with E-state index in [2.05, 4.69) is 20.2 Å². The predicted molar refractivity (Wildman–Crippen MR) is 61.2 cm³/mol. The molecule has 0 unspecified atom stereocenters. The third-order valence-corrected chi connectivity index (χ3v) is 3.73. The molecule has 0 radical (unpaired) electrons. The van der Waals surface area contributed by atoms with E-state index in [1.54, 1.807) is 35.5 Å². The number of aryl methyl sites for hydroxylation is 1. The summed E-state index contributed by atoms with van der Waals surface area (Å²) in [5.41, 5.74) is 0.886. The second kappa shape index (κ2) is 4.87. The molecule has 0 N–H and O–H groups in total. The largest absolute Gasteiger partial charge is 0.256 e. The highest BCUT2D eigenvalue weighted by molar-refractivity contribution is 8.00. The van der Waals surface area contributed by atoms with Crippen molar-refractivity contribution in [3.05, 3.63) is 28.2 Å². The Hall–Kier alpha value is -0.720. The van der Waals surface area contributed by atoms with Crippen LogP contribution in [0.1, 0.15) is 10.7 Å². The summed E-state index contributed by atoms with van der Waals surface area (Å²) in [6.07, 6.45) is 3.21. The highest BCUT2D eigenvalue weighted by atomic mass is 35.5. The molecule has 15 heavy (non-hydrogen) atoms. The Balaban J connectivity index is 1.96. The van der Waals surface area contributed by atoms with Gasteiger partial charge in [-0.2, -0.15) is 0 Å². The van der Waals surface area contributed by atoms with Crippen molar-refractivity contribution in [2.75, 3.05) is 0 Å². The third kappa shape index (κ3) is 3.12. The van der Waals surface area contributed by atoms with Crippen LogP contribution < -0.4 is 0 Å². The van der Waals surface area contributed by atoms with Gasteiger partial charge in [0.15, 0.2) is 4.34 Å². The van der Waals surface area contributed by atoms with Crippen LogP contribution in [0.4, 0.5) is 0 Å². The first-order valence-electron chi connectivity index (χ1n) is 4.13. The van der Waals surface area contributed by atoms with Crippen molar-refractivity contribution >= 4 is 34.7 Å². The molecule has 7 heteroatoms. The van der Waals surface area contributed by atoms with Crippen molar-refractivity contribution < 1.29 is 0 Å². The Morgan fingerprint density at radius 1 is 1.33 bits per heavy atom. The number of hydrogen-bond donors (Lipinski definition) is 0. The van der Waals surface area contributed by atoms with Gasteiger partial charge >= 0.3 is 0 Å². The molecular weight excluding hydrogens is 252 g/mol. The van der Waals surface area contributed by atoms with E-state index in [4.69, 9.17) is 11.6 Å². The van der Waals surface area contributed by atoms with Gasteiger partial charge in [-0.25, -0.2) is 4.98 Å². The Morgan fingerprint density at radius 2 is 2.20 bits per heavy atom. The second-order valence-corrected chi connectivity index (χ2v) is 5.50. The third-order valence-electron chi connectivity index (χ3n) is 1.52. The van der Waals surface area contributed by atoms with Gasteiger partial charge < -0.3 is 0 Å². The Labute approximate surface area is 100 Å². The fourth-order valence-electron chi connectivity index (χ4n) is 0.886. The molecule has 2 heterocycles. The highest BCUT2D eigenvalue weighted by Gasteiger charge is 2.02. The van der Waals surface area contributed by atoms with Crippen LogP contribution in [0.2, 0.25) is 5.15 Å². The lowest BCUT2D eigenvalue weighted by Crippen LogP contribution is -1.88. The van der Waals surface area contributed by atoms with Crippen LogP contribution in [0.25, 0.3) is 0 Å². The SMILES string of the molecule is Cc1nnc(SCc2cnc(Cl)cn2)s1. The molecule has 78 valence electrons. The van der Waals surface area contributed by atoms with Crippen LogP contribution in [0.5, 0.6) is 0 Å². The van der Waals surface area contributed by atoms with Gasteiger partial charge in [-0.05, 0) is 6.92 Å². The van der Waals surface area contributed by atoms with E-state index in [0.717, 1.165) is 20.8 Å². The fourth-order valence-corrected chi connectivity index (χ4v) is 2.69. The molecular formula is C8H7ClN4S2. The Morgan fingerprint density at radius 3 is 2.80 bits per heavy atom. The maximum absolute atomic E-state index is 5.63. The fraction of sp³-hybridized carbons (Fsp3) is 0.250. The van der Waals surface area contributed by atoms with Gasteiger partial charge in [0.05, 0.1) is 18.1 Å². The summed E-state index contributed by atoms with van der Waals surface area (Å²) in [6.45, 7) is 1.93. The van der Waals surface area contributed by atoms with Crippen LogP contribution in [0, 0.1) is 6.92 Å². The Kier molecular flexibility index (Phi) is 3.50. The van der Waals surface area contributed by atoms with E-state index in [9.17, 15) is 0 Å². The number of aromatic nitrogens is 4. The predicted octanol–water partition coefficient (Wildman–Crippen LogP) is 2.58. The first-order valence-corrected chi connectivity index (χ1v) is 6.31. The van der Waals surface area contributed by atoms with E-state index in [1.807, 2.05) is 6.92 Å². The number of rotatable bonds is 3. The molecule has 0 saturated heterocycles. The average molecular weight is 259 g/mol. The van der Waals surface area contributed by atoms with Gasteiger partial charge in [0.25, 0.3) is 0 Å². The molecule has 0 bridgehead atoms. The summed E-state index contributed by atoms with van der Waals surface area (Å²) in [5.74, 6) is 0.735. The number of halogens is 1. The van der Waals surface area contributed by atoms with Crippen LogP contribution in [-0.4, -0.2) is 20.2 Å². The molecule has 0 spiro atoms. The quantitative estimate of drug-likeness (QED) is 0.792. The van der Waals surface area contributed by atoms with Crippen molar-refractivity contribution in [1.82, 2.24) is 20.2 Å². The second-order valence-electron chi connectivity index (χ2n) is 2.71. The first kappa shape index (κ1) is 10.8. The Bertz CT molecular complexity index is 442. The maximum Gasteiger partial charge on any atom is 0.174 e. The van der Waals surface area contributed by atoms with Crippen LogP contribution in [0.15, 0.2) is 16.7 Å². The summed E-state index contributed by atoms with van der Waals surface area (Å²) in [6, 6.07) is 0. The van der Waals surface area contributed by atoms with E-state index in [0.29, 0.717) is 5.15 Å². The number of nitrogens with zero attached hydrogens (tertiary/aromatic N) is 4. The van der Waals surface area contributed by atoms with Crippen LogP contribution in [-0.2, 0) is 5.75 Å². The summed E-state index contributed by atoms with van der Waals surface area (Å²) < 4.78 is 0.948. The highest BCUT2D eigenvalue weighted by Crippen LogP contribution is 2.24. The summed E-state index contributed by atoms with van der Waals surface area (Å²) in [4.78, 5) is 8.09. The smallest absolute Gasteiger partial charge is 0.174 e. The molecule has 0 atom stereocenters. The zero-order chi connectivity index (χ0) is 10.7. The molecule has 2 aromatic heterocycles. The molecule has 0 amide bonds. The van der Waals surface area contributed by atoms with Crippen molar-refractivity contribution in [3.63, 3.8) is 0 Å². The molecule has 0 aliphatic rings. The minimum Gasteiger partial charge on any atom is -0.256 e. The zero-order valence-electron chi connectivity index (χ0n) is 7.85. The normalized spacial score (nSPS) is 10.5. The number of thioether (sulfide) groups is 1. The lowest BCUT2D eigenvalue weighted by atomic mass is 10.5. The van der Waals surface area contributed by atoms with E-state index < -0.39 is 0 Å². The van der Waals surface area contributed by atoms with Crippen molar-refractivity contribution in [1.29, 1.82) is 0 Å². The summed E-state index contributed by atoms with van der Waals surface area (Å²) in [7, 11) is 0. The van der Waals surface area contributed by atoms with Crippen LogP contribution in [0.3, 0.4) is 0 Å². The van der Waals surface area contributed by atoms with Gasteiger partial charge in [-0.15, -0.1) is 10.2 Å². The lowest BCUT2D eigenvalue weighted by Gasteiger charge is -1.96. The maximum atomic E-state index is 5.63. The molecule has 2 aromatic rings. The van der Waals surface area contributed by atoms with Gasteiger partial charge in [0.1, 0.15) is 10.2 Å². The first-order chi connectivity index (χ1) is 7.24. The molecule has 2 rings (SSSR count). The molecule has 0 saturated carbocycles. The standard InChI is InChI=1S/C8H7ClN4S2/c1-5-12-13-8(15-5)14-4-6-2-11-7(9)3-10-6/h2-3H,4H2,1H3. The summed E-state index contributed by atoms with van der Waals surface area (Å²) in [5, 5.41) is 9.32. The van der Waals surface area contributed by atoms with E-state index >= 15 is 0 Å². The van der Waals surface area contributed by atoms with Crippen LogP contribution >= 0.6 is 34.7 Å². The van der Waals surface area contributed by atoms with Crippen molar-refractivity contribution in [2.24, 2.45) is 0 Å².